The van der Waals surface area contributed by atoms with Crippen LogP contribution >= 0.6 is 11.6 Å². The summed E-state index contributed by atoms with van der Waals surface area (Å²) in [6, 6.07) is 11.6. The van der Waals surface area contributed by atoms with E-state index in [-0.39, 0.29) is 5.78 Å². The molecule has 0 aromatic heterocycles. The number of benzene rings is 2. The fraction of sp³-hybridized carbons (Fsp3) is 0.235. The van der Waals surface area contributed by atoms with E-state index in [1.165, 1.54) is 5.56 Å². The number of carbonyl (C=O) groups is 1. The summed E-state index contributed by atoms with van der Waals surface area (Å²) in [6.45, 7) is 6.04. The van der Waals surface area contributed by atoms with E-state index in [1.807, 2.05) is 45.0 Å². The third kappa shape index (κ3) is 3.24. The first-order chi connectivity index (χ1) is 8.97. The molecule has 1 nitrogen and oxygen atoms in total. The predicted octanol–water partition coefficient (Wildman–Crippen LogP) is 4.69. The minimum absolute atomic E-state index is 0.164. The molecule has 0 atom stereocenters. The van der Waals surface area contributed by atoms with Crippen LogP contribution in [0.25, 0.3) is 0 Å². The largest absolute Gasteiger partial charge is 0.294 e. The number of Topliss-reactive ketones (excluding diaryl/α,β-unsaturated/α-hetero) is 1. The molecule has 0 aliphatic carbocycles. The van der Waals surface area contributed by atoms with Gasteiger partial charge in [0.1, 0.15) is 0 Å². The lowest BCUT2D eigenvalue weighted by molar-refractivity contribution is 0.0992. The normalized spacial score (nSPS) is 10.5. The van der Waals surface area contributed by atoms with Crippen molar-refractivity contribution in [3.05, 3.63) is 69.2 Å². The summed E-state index contributed by atoms with van der Waals surface area (Å²) in [6.07, 6.45) is 0.419. The number of hydrogen-bond acceptors (Lipinski definition) is 1. The van der Waals surface area contributed by atoms with Crippen molar-refractivity contribution in [1.29, 1.82) is 0 Å². The Labute approximate surface area is 119 Å². The van der Waals surface area contributed by atoms with Crippen LogP contribution in [0.2, 0.25) is 5.02 Å². The summed E-state index contributed by atoms with van der Waals surface area (Å²) >= 11 is 5.85. The number of halogens is 1. The second-order valence-electron chi connectivity index (χ2n) is 5.00. The van der Waals surface area contributed by atoms with E-state index < -0.39 is 0 Å². The first-order valence-corrected chi connectivity index (χ1v) is 6.70. The van der Waals surface area contributed by atoms with E-state index in [2.05, 4.69) is 12.1 Å². The van der Waals surface area contributed by atoms with Crippen LogP contribution in [0.5, 0.6) is 0 Å². The Morgan fingerprint density at radius 2 is 1.53 bits per heavy atom. The summed E-state index contributed by atoms with van der Waals surface area (Å²) in [5.74, 6) is 0.164. The van der Waals surface area contributed by atoms with Crippen LogP contribution in [0.3, 0.4) is 0 Å². The van der Waals surface area contributed by atoms with Crippen molar-refractivity contribution < 1.29 is 4.79 Å². The van der Waals surface area contributed by atoms with Crippen LogP contribution in [0.1, 0.15) is 32.6 Å². The number of carbonyl (C=O) groups excluding carboxylic acids is 1. The van der Waals surface area contributed by atoms with E-state index in [1.54, 1.807) is 0 Å². The SMILES string of the molecule is Cc1cc(C)c(C(=O)Cc2ccc(Cl)cc2)c(C)c1. The van der Waals surface area contributed by atoms with Gasteiger partial charge in [-0.15, -0.1) is 0 Å². The van der Waals surface area contributed by atoms with Crippen molar-refractivity contribution >= 4 is 17.4 Å². The van der Waals surface area contributed by atoms with E-state index in [0.717, 1.165) is 22.3 Å². The van der Waals surface area contributed by atoms with Crippen LogP contribution in [-0.2, 0) is 6.42 Å². The Bertz CT molecular complexity index is 589. The van der Waals surface area contributed by atoms with Crippen molar-refractivity contribution in [1.82, 2.24) is 0 Å². The maximum Gasteiger partial charge on any atom is 0.167 e. The molecule has 0 fully saturated rings. The van der Waals surface area contributed by atoms with Crippen LogP contribution in [0.4, 0.5) is 0 Å². The highest BCUT2D eigenvalue weighted by atomic mass is 35.5. The van der Waals surface area contributed by atoms with E-state index >= 15 is 0 Å². The smallest absolute Gasteiger partial charge is 0.167 e. The standard InChI is InChI=1S/C17H17ClO/c1-11-8-12(2)17(13(3)9-11)16(19)10-14-4-6-15(18)7-5-14/h4-9H,10H2,1-3H3. The molecule has 19 heavy (non-hydrogen) atoms. The van der Waals surface area contributed by atoms with Gasteiger partial charge in [0.15, 0.2) is 5.78 Å². The molecule has 0 saturated carbocycles. The minimum atomic E-state index is 0.164. The summed E-state index contributed by atoms with van der Waals surface area (Å²) in [7, 11) is 0. The van der Waals surface area contributed by atoms with Gasteiger partial charge in [0.2, 0.25) is 0 Å². The highest BCUT2D eigenvalue weighted by Crippen LogP contribution is 2.19. The molecular formula is C17H17ClO. The lowest BCUT2D eigenvalue weighted by atomic mass is 9.93. The number of aryl methyl sites for hydroxylation is 3. The summed E-state index contributed by atoms with van der Waals surface area (Å²) in [4.78, 5) is 12.4. The molecule has 0 N–H and O–H groups in total. The van der Waals surface area contributed by atoms with Gasteiger partial charge in [-0.25, -0.2) is 0 Å². The molecule has 2 heteroatoms. The second-order valence-corrected chi connectivity index (χ2v) is 5.44. The molecule has 98 valence electrons. The quantitative estimate of drug-likeness (QED) is 0.741. The summed E-state index contributed by atoms with van der Waals surface area (Å²) in [5, 5.41) is 0.693. The van der Waals surface area contributed by atoms with Crippen LogP contribution < -0.4 is 0 Å². The van der Waals surface area contributed by atoms with Crippen molar-refractivity contribution in [3.63, 3.8) is 0 Å². The second kappa shape index (κ2) is 5.58. The van der Waals surface area contributed by atoms with Crippen LogP contribution in [0.15, 0.2) is 36.4 Å². The van der Waals surface area contributed by atoms with Gasteiger partial charge in [-0.2, -0.15) is 0 Å². The first-order valence-electron chi connectivity index (χ1n) is 6.33. The zero-order valence-electron chi connectivity index (χ0n) is 11.5. The Hall–Kier alpha value is -1.60. The maximum absolute atomic E-state index is 12.4. The molecule has 2 aromatic carbocycles. The summed E-state index contributed by atoms with van der Waals surface area (Å²) < 4.78 is 0. The molecule has 0 aliphatic heterocycles. The molecule has 2 rings (SSSR count). The van der Waals surface area contributed by atoms with Gasteiger partial charge in [0.25, 0.3) is 0 Å². The third-order valence-corrected chi connectivity index (χ3v) is 3.49. The lowest BCUT2D eigenvalue weighted by Gasteiger charge is -2.10. The fourth-order valence-corrected chi connectivity index (χ4v) is 2.62. The molecule has 0 aliphatic rings. The van der Waals surface area contributed by atoms with Crippen molar-refractivity contribution in [3.8, 4) is 0 Å². The Morgan fingerprint density at radius 1 is 1.00 bits per heavy atom. The summed E-state index contributed by atoms with van der Waals surface area (Å²) in [5.41, 5.74) is 5.14. The maximum atomic E-state index is 12.4. The molecular weight excluding hydrogens is 256 g/mol. The number of rotatable bonds is 3. The molecule has 0 heterocycles. The van der Waals surface area contributed by atoms with E-state index in [4.69, 9.17) is 11.6 Å². The zero-order chi connectivity index (χ0) is 14.0. The lowest BCUT2D eigenvalue weighted by Crippen LogP contribution is -2.08. The van der Waals surface area contributed by atoms with Gasteiger partial charge >= 0.3 is 0 Å². The van der Waals surface area contributed by atoms with Gasteiger partial charge < -0.3 is 0 Å². The molecule has 2 aromatic rings. The monoisotopic (exact) mass is 272 g/mol. The Kier molecular flexibility index (Phi) is 4.06. The molecule has 0 amide bonds. The van der Waals surface area contributed by atoms with Gasteiger partial charge in [-0.1, -0.05) is 41.4 Å². The minimum Gasteiger partial charge on any atom is -0.294 e. The third-order valence-electron chi connectivity index (χ3n) is 3.23. The number of hydrogen-bond donors (Lipinski definition) is 0. The van der Waals surface area contributed by atoms with Crippen LogP contribution in [-0.4, -0.2) is 5.78 Å². The topological polar surface area (TPSA) is 17.1 Å². The molecule has 0 spiro atoms. The van der Waals surface area contributed by atoms with Gasteiger partial charge in [-0.05, 0) is 49.6 Å². The zero-order valence-corrected chi connectivity index (χ0v) is 12.2. The molecule has 0 unspecified atom stereocenters. The van der Waals surface area contributed by atoms with E-state index in [9.17, 15) is 4.79 Å². The molecule has 0 radical (unpaired) electrons. The highest BCUT2D eigenvalue weighted by Gasteiger charge is 2.13. The number of ketones is 1. The molecule has 0 saturated heterocycles. The van der Waals surface area contributed by atoms with Gasteiger partial charge in [-0.3, -0.25) is 4.79 Å². The fourth-order valence-electron chi connectivity index (χ4n) is 2.50. The van der Waals surface area contributed by atoms with E-state index in [0.29, 0.717) is 11.4 Å². The van der Waals surface area contributed by atoms with Crippen LogP contribution in [0, 0.1) is 20.8 Å². The molecule has 0 bridgehead atoms. The Morgan fingerprint density at radius 3 is 2.05 bits per heavy atom. The van der Waals surface area contributed by atoms with Crippen molar-refractivity contribution in [2.24, 2.45) is 0 Å². The Balaban J connectivity index is 2.28. The average Bonchev–Trinajstić information content (AvgIpc) is 2.30. The highest BCUT2D eigenvalue weighted by molar-refractivity contribution is 6.30. The first kappa shape index (κ1) is 13.8. The predicted molar refractivity (Wildman–Crippen MR) is 80.1 cm³/mol. The average molecular weight is 273 g/mol. The van der Waals surface area contributed by atoms with Gasteiger partial charge in [0.05, 0.1) is 0 Å². The van der Waals surface area contributed by atoms with Crippen molar-refractivity contribution in [2.45, 2.75) is 27.2 Å². The van der Waals surface area contributed by atoms with Crippen molar-refractivity contribution in [2.75, 3.05) is 0 Å². The van der Waals surface area contributed by atoms with Gasteiger partial charge in [0, 0.05) is 17.0 Å².